The van der Waals surface area contributed by atoms with E-state index in [2.05, 4.69) is 112 Å². The van der Waals surface area contributed by atoms with Gasteiger partial charge in [-0.1, -0.05) is 322 Å². The molecule has 0 N–H and O–H groups in total. The van der Waals surface area contributed by atoms with Gasteiger partial charge in [-0.25, -0.2) is 44.9 Å². The minimum Gasteiger partial charge on any atom is -0.256 e. The normalized spacial score (nSPS) is 10.7. The maximum absolute atomic E-state index is 9.94. The zero-order valence-electron chi connectivity index (χ0n) is 67.7. The molecule has 20 rings (SSSR count). The predicted octanol–water partition coefficient (Wildman–Crippen LogP) is 25.8. The first kappa shape index (κ1) is 79.2. The fraction of sp³-hybridized carbons (Fsp3) is 0. The Morgan fingerprint density at radius 1 is 0.135 bits per heavy atom. The molecule has 0 fully saturated rings. The average molecular weight is 1610 g/mol. The van der Waals surface area contributed by atoms with Gasteiger partial charge in [0.2, 0.25) is 0 Å². The fourth-order valence-corrected chi connectivity index (χ4v) is 14.6. The lowest BCUT2D eigenvalue weighted by Gasteiger charge is -2.11. The van der Waals surface area contributed by atoms with Crippen molar-refractivity contribution >= 4 is 0 Å². The second kappa shape index (κ2) is 37.5. The molecule has 6 heterocycles. The highest BCUT2D eigenvalue weighted by atomic mass is 15.1. The van der Waals surface area contributed by atoms with Crippen LogP contribution in [0.3, 0.4) is 0 Å². The molecule has 590 valence electrons. The van der Waals surface area contributed by atoms with E-state index in [1.165, 1.54) is 0 Å². The fourth-order valence-electron chi connectivity index (χ4n) is 14.6. The van der Waals surface area contributed by atoms with Crippen molar-refractivity contribution in [1.29, 1.82) is 15.8 Å². The third-order valence-corrected chi connectivity index (χ3v) is 21.0. The zero-order chi connectivity index (χ0) is 85.2. The molecule has 0 spiro atoms. The third kappa shape index (κ3) is 18.7. The molecule has 0 unspecified atom stereocenters. The number of hydrogen-bond donors (Lipinski definition) is 0. The predicted molar refractivity (Wildman–Crippen MR) is 499 cm³/mol. The molecule has 6 aromatic heterocycles. The van der Waals surface area contributed by atoms with E-state index in [0.29, 0.717) is 69.1 Å². The molecule has 0 aliphatic carbocycles. The molecule has 0 saturated heterocycles. The quantitative estimate of drug-likeness (QED) is 0.0826. The zero-order valence-corrected chi connectivity index (χ0v) is 67.7. The van der Waals surface area contributed by atoms with E-state index in [9.17, 15) is 15.8 Å². The van der Waals surface area contributed by atoms with Crippen LogP contribution in [0.1, 0.15) is 16.7 Å². The summed E-state index contributed by atoms with van der Waals surface area (Å²) in [5.74, 6) is 5.20. The van der Waals surface area contributed by atoms with Crippen molar-refractivity contribution in [3.05, 3.63) is 448 Å². The highest BCUT2D eigenvalue weighted by Gasteiger charge is 2.20. The summed E-state index contributed by atoms with van der Waals surface area (Å²) in [6, 6.07) is 143. The van der Waals surface area contributed by atoms with Gasteiger partial charge in [0.05, 0.1) is 52.0 Å². The van der Waals surface area contributed by atoms with Gasteiger partial charge in [-0.2, -0.15) is 15.8 Å². The van der Waals surface area contributed by atoms with Crippen LogP contribution in [0.5, 0.6) is 0 Å². The van der Waals surface area contributed by atoms with Gasteiger partial charge in [-0.05, 0) is 147 Å². The van der Waals surface area contributed by atoms with E-state index in [1.807, 2.05) is 334 Å². The second-order valence-electron chi connectivity index (χ2n) is 29.4. The van der Waals surface area contributed by atoms with E-state index in [1.54, 1.807) is 18.6 Å². The van der Waals surface area contributed by atoms with Crippen molar-refractivity contribution in [2.24, 2.45) is 0 Å². The van der Waals surface area contributed by atoms with Gasteiger partial charge in [0.15, 0.2) is 52.4 Å². The molecule has 14 aromatic carbocycles. The Morgan fingerprint density at radius 3 is 0.492 bits per heavy atom. The Kier molecular flexibility index (Phi) is 23.6. The summed E-state index contributed by atoms with van der Waals surface area (Å²) >= 11 is 0. The van der Waals surface area contributed by atoms with Crippen molar-refractivity contribution in [1.82, 2.24) is 59.8 Å². The van der Waals surface area contributed by atoms with E-state index in [4.69, 9.17) is 44.9 Å². The molecule has 0 bridgehead atoms. The summed E-state index contributed by atoms with van der Waals surface area (Å²) in [5, 5.41) is 29.6. The highest BCUT2D eigenvalue weighted by Crippen LogP contribution is 2.37. The minimum atomic E-state index is 0.515. The summed E-state index contributed by atoms with van der Waals surface area (Å²) in [7, 11) is 0. The number of benzene rings is 14. The standard InChI is InChI=1S/2C39H25N5.C33H21N5/c40-26-27-23-34(28-14-18-30(19-15-28)36-13-7-8-22-41-36)25-35(24-27)29-16-20-33(21-17-29)39-43-37(31-9-3-1-4-10-31)42-38(44-39)32-11-5-2-6-12-32;40-26-27-23-34(30-16-14-28(15-17-30)29-18-20-31(21-19-29)36-13-7-8-22-41-36)25-35(24-27)39-43-37(32-9-3-1-4-10-32)42-38(44-39)33-11-5-2-6-12-33;34-22-23-19-28(24-14-16-25(17-15-24)30-13-7-8-18-35-30)21-29(20-23)33-37-31(26-9-3-1-4-10-26)36-32(38-33)27-11-5-2-6-12-27/h2*1-25H;1-21H. The molecule has 15 heteroatoms. The van der Waals surface area contributed by atoms with Crippen molar-refractivity contribution in [2.45, 2.75) is 0 Å². The Labute approximate surface area is 728 Å². The van der Waals surface area contributed by atoms with Gasteiger partial charge in [0.1, 0.15) is 0 Å². The van der Waals surface area contributed by atoms with Crippen molar-refractivity contribution in [2.75, 3.05) is 0 Å². The Hall–Kier alpha value is -18.0. The van der Waals surface area contributed by atoms with Crippen LogP contribution in [0.15, 0.2) is 431 Å². The van der Waals surface area contributed by atoms with Crippen molar-refractivity contribution < 1.29 is 0 Å². The molecule has 0 saturated carbocycles. The topological polar surface area (TPSA) is 226 Å². The Bertz CT molecular complexity index is 7140. The van der Waals surface area contributed by atoms with E-state index >= 15 is 0 Å². The van der Waals surface area contributed by atoms with Crippen LogP contribution >= 0.6 is 0 Å². The number of aromatic nitrogens is 12. The maximum atomic E-state index is 9.94. The van der Waals surface area contributed by atoms with Crippen LogP contribution in [-0.4, -0.2) is 59.8 Å². The van der Waals surface area contributed by atoms with Gasteiger partial charge in [0, 0.05) is 85.4 Å². The Balaban J connectivity index is 0.000000129. The molecule has 0 amide bonds. The van der Waals surface area contributed by atoms with E-state index in [-0.39, 0.29) is 0 Å². The number of pyridine rings is 3. The van der Waals surface area contributed by atoms with Gasteiger partial charge < -0.3 is 0 Å². The molecule has 0 aliphatic heterocycles. The lowest BCUT2D eigenvalue weighted by molar-refractivity contribution is 1.07. The lowest BCUT2D eigenvalue weighted by Crippen LogP contribution is -2.00. The number of nitrogens with zero attached hydrogens (tertiary/aromatic N) is 15. The second-order valence-corrected chi connectivity index (χ2v) is 29.4. The molecule has 20 aromatic rings. The average Bonchev–Trinajstić information content (AvgIpc) is 0.798. The van der Waals surface area contributed by atoms with Crippen molar-refractivity contribution in [3.8, 4) is 210 Å². The minimum absolute atomic E-state index is 0.515. The van der Waals surface area contributed by atoms with Crippen LogP contribution in [0.4, 0.5) is 0 Å². The molecular weight excluding hydrogens is 1540 g/mol. The monoisotopic (exact) mass is 1610 g/mol. The van der Waals surface area contributed by atoms with Gasteiger partial charge in [0.25, 0.3) is 0 Å². The molecule has 0 atom stereocenters. The molecule has 15 nitrogen and oxygen atoms in total. The Morgan fingerprint density at radius 2 is 0.294 bits per heavy atom. The number of nitriles is 3. The van der Waals surface area contributed by atoms with Crippen LogP contribution in [0.2, 0.25) is 0 Å². The number of hydrogen-bond acceptors (Lipinski definition) is 15. The van der Waals surface area contributed by atoms with Gasteiger partial charge in [-0.15, -0.1) is 0 Å². The summed E-state index contributed by atoms with van der Waals surface area (Å²) in [4.78, 5) is 56.7. The summed E-state index contributed by atoms with van der Waals surface area (Å²) in [6.07, 6.45) is 5.39. The smallest absolute Gasteiger partial charge is 0.164 e. The summed E-state index contributed by atoms with van der Waals surface area (Å²) in [6.45, 7) is 0. The van der Waals surface area contributed by atoms with E-state index in [0.717, 1.165) is 139 Å². The molecule has 0 aliphatic rings. The summed E-state index contributed by atoms with van der Waals surface area (Å²) < 4.78 is 0. The third-order valence-electron chi connectivity index (χ3n) is 21.0. The van der Waals surface area contributed by atoms with Crippen LogP contribution in [-0.2, 0) is 0 Å². The van der Waals surface area contributed by atoms with Crippen LogP contribution in [0.25, 0.3) is 192 Å². The highest BCUT2D eigenvalue weighted by molar-refractivity contribution is 5.82. The first-order valence-corrected chi connectivity index (χ1v) is 40.8. The van der Waals surface area contributed by atoms with Crippen molar-refractivity contribution in [3.63, 3.8) is 0 Å². The van der Waals surface area contributed by atoms with Gasteiger partial charge in [-0.3, -0.25) is 15.0 Å². The first-order chi connectivity index (χ1) is 62.2. The SMILES string of the molecule is N#Cc1cc(-c2ccc(-c3ccc(-c4ccccn4)cc3)cc2)cc(-c2nc(-c3ccccc3)nc(-c3ccccc3)n2)c1.N#Cc1cc(-c2ccc(-c3ccccn3)cc2)cc(-c2ccc(-c3nc(-c4ccccc4)nc(-c4ccccc4)n3)cc2)c1.N#Cc1cc(-c2ccc(-c3ccccn3)cc2)cc(-c2nc(-c3ccccc3)nc(-c3ccccc3)n2)c1. The lowest BCUT2D eigenvalue weighted by atomic mass is 9.95. The van der Waals surface area contributed by atoms with Gasteiger partial charge >= 0.3 is 0 Å². The molecule has 0 radical (unpaired) electrons. The van der Waals surface area contributed by atoms with E-state index < -0.39 is 0 Å². The summed E-state index contributed by atoms with van der Waals surface area (Å²) in [5.41, 5.74) is 25.5. The molecule has 126 heavy (non-hydrogen) atoms. The number of rotatable bonds is 17. The maximum Gasteiger partial charge on any atom is 0.164 e. The first-order valence-electron chi connectivity index (χ1n) is 40.8. The van der Waals surface area contributed by atoms with Crippen LogP contribution in [0, 0.1) is 34.0 Å². The van der Waals surface area contributed by atoms with Crippen LogP contribution < -0.4 is 0 Å². The molecular formula is C111H71N15. The largest absolute Gasteiger partial charge is 0.256 e.